The predicted molar refractivity (Wildman–Crippen MR) is 94.1 cm³/mol. The van der Waals surface area contributed by atoms with Gasteiger partial charge in [-0.3, -0.25) is 4.98 Å². The fourth-order valence-corrected chi connectivity index (χ4v) is 4.70. The first-order chi connectivity index (χ1) is 10.5. The molecule has 1 aliphatic heterocycles. The van der Waals surface area contributed by atoms with Crippen molar-refractivity contribution in [2.24, 2.45) is 11.7 Å². The summed E-state index contributed by atoms with van der Waals surface area (Å²) >= 11 is 0. The minimum Gasteiger partial charge on any atom is -0.328 e. The van der Waals surface area contributed by atoms with Gasteiger partial charge in [0.1, 0.15) is 4.90 Å². The molecule has 23 heavy (non-hydrogen) atoms. The van der Waals surface area contributed by atoms with E-state index < -0.39 is 10.0 Å². The van der Waals surface area contributed by atoms with Gasteiger partial charge in [0.15, 0.2) is 0 Å². The van der Waals surface area contributed by atoms with E-state index in [4.69, 9.17) is 5.73 Å². The van der Waals surface area contributed by atoms with Crippen LogP contribution in [0, 0.1) is 5.92 Å². The van der Waals surface area contributed by atoms with E-state index in [1.807, 2.05) is 25.1 Å². The van der Waals surface area contributed by atoms with Crippen LogP contribution in [0.2, 0.25) is 0 Å². The lowest BCUT2D eigenvalue weighted by molar-refractivity contribution is 0.251. The van der Waals surface area contributed by atoms with Crippen LogP contribution >= 0.6 is 12.4 Å². The lowest BCUT2D eigenvalue weighted by Crippen LogP contribution is -2.42. The van der Waals surface area contributed by atoms with Gasteiger partial charge in [0.05, 0.1) is 5.52 Å². The Morgan fingerprint density at radius 3 is 2.52 bits per heavy atom. The van der Waals surface area contributed by atoms with E-state index in [2.05, 4.69) is 4.98 Å². The van der Waals surface area contributed by atoms with Gasteiger partial charge in [-0.15, -0.1) is 12.4 Å². The molecule has 1 aliphatic rings. The third-order valence-electron chi connectivity index (χ3n) is 4.46. The number of nitrogens with two attached hydrogens (primary N) is 1. The lowest BCUT2D eigenvalue weighted by Gasteiger charge is -2.33. The first kappa shape index (κ1) is 18.1. The minimum atomic E-state index is -3.51. The van der Waals surface area contributed by atoms with Crippen molar-refractivity contribution in [2.45, 2.75) is 30.7 Å². The normalized spacial score (nSPS) is 18.5. The maximum atomic E-state index is 12.9. The number of fused-ring (bicyclic) bond motifs is 1. The SMILES string of the molecule is CC(N)C1CCN(S(=O)(=O)c2cccc3cccnc23)CC1.Cl. The zero-order chi connectivity index (χ0) is 15.7. The summed E-state index contributed by atoms with van der Waals surface area (Å²) in [7, 11) is -3.51. The quantitative estimate of drug-likeness (QED) is 0.917. The molecule has 2 aromatic rings. The molecule has 7 heteroatoms. The minimum absolute atomic E-state index is 0. The van der Waals surface area contributed by atoms with Gasteiger partial charge in [-0.2, -0.15) is 4.31 Å². The fourth-order valence-electron chi connectivity index (χ4n) is 3.07. The molecule has 1 fully saturated rings. The van der Waals surface area contributed by atoms with Gasteiger partial charge < -0.3 is 5.73 Å². The van der Waals surface area contributed by atoms with Gasteiger partial charge in [-0.05, 0) is 37.8 Å². The summed E-state index contributed by atoms with van der Waals surface area (Å²) in [6, 6.07) is 9.10. The number of halogens is 1. The number of aromatic nitrogens is 1. The Bertz CT molecular complexity index is 766. The van der Waals surface area contributed by atoms with Crippen LogP contribution in [-0.4, -0.2) is 36.8 Å². The number of piperidine rings is 1. The van der Waals surface area contributed by atoms with Crippen LogP contribution in [0.15, 0.2) is 41.4 Å². The van der Waals surface area contributed by atoms with E-state index >= 15 is 0 Å². The van der Waals surface area contributed by atoms with E-state index in [9.17, 15) is 8.42 Å². The monoisotopic (exact) mass is 355 g/mol. The number of benzene rings is 1. The smallest absolute Gasteiger partial charge is 0.245 e. The highest BCUT2D eigenvalue weighted by molar-refractivity contribution is 7.89. The molecule has 1 saturated heterocycles. The summed E-state index contributed by atoms with van der Waals surface area (Å²) in [4.78, 5) is 4.56. The second-order valence-electron chi connectivity index (χ2n) is 5.93. The average molecular weight is 356 g/mol. The highest BCUT2D eigenvalue weighted by Crippen LogP contribution is 2.28. The van der Waals surface area contributed by atoms with Crippen molar-refractivity contribution in [2.75, 3.05) is 13.1 Å². The van der Waals surface area contributed by atoms with E-state index in [0.717, 1.165) is 18.2 Å². The van der Waals surface area contributed by atoms with Gasteiger partial charge >= 0.3 is 0 Å². The Morgan fingerprint density at radius 2 is 1.87 bits per heavy atom. The van der Waals surface area contributed by atoms with Crippen LogP contribution in [0.5, 0.6) is 0 Å². The average Bonchev–Trinajstić information content (AvgIpc) is 2.54. The fraction of sp³-hybridized carbons (Fsp3) is 0.438. The predicted octanol–water partition coefficient (Wildman–Crippen LogP) is 2.40. The van der Waals surface area contributed by atoms with Crippen molar-refractivity contribution >= 4 is 33.3 Å². The molecule has 0 bridgehead atoms. The first-order valence-electron chi connectivity index (χ1n) is 7.59. The maximum Gasteiger partial charge on any atom is 0.245 e. The topological polar surface area (TPSA) is 76.3 Å². The lowest BCUT2D eigenvalue weighted by atomic mass is 9.92. The highest BCUT2D eigenvalue weighted by atomic mass is 35.5. The number of rotatable bonds is 3. The molecule has 0 spiro atoms. The van der Waals surface area contributed by atoms with Crippen molar-refractivity contribution in [3.8, 4) is 0 Å². The van der Waals surface area contributed by atoms with E-state index in [1.165, 1.54) is 0 Å². The molecule has 1 atom stereocenters. The van der Waals surface area contributed by atoms with Gasteiger partial charge in [-0.1, -0.05) is 18.2 Å². The van der Waals surface area contributed by atoms with E-state index in [1.54, 1.807) is 22.6 Å². The molecule has 1 aromatic heterocycles. The third kappa shape index (κ3) is 3.50. The standard InChI is InChI=1S/C16H21N3O2S.ClH/c1-12(17)13-7-10-19(11-8-13)22(20,21)15-6-2-4-14-5-3-9-18-16(14)15;/h2-6,9,12-13H,7-8,10-11,17H2,1H3;1H. The molecule has 2 heterocycles. The molecule has 1 unspecified atom stereocenters. The van der Waals surface area contributed by atoms with Crippen LogP contribution in [0.25, 0.3) is 10.9 Å². The number of para-hydroxylation sites is 1. The van der Waals surface area contributed by atoms with Gasteiger partial charge in [0.25, 0.3) is 0 Å². The maximum absolute atomic E-state index is 12.9. The zero-order valence-electron chi connectivity index (χ0n) is 13.1. The molecule has 0 radical (unpaired) electrons. The summed E-state index contributed by atoms with van der Waals surface area (Å²) in [5, 5.41) is 0.842. The van der Waals surface area contributed by atoms with Crippen molar-refractivity contribution < 1.29 is 8.42 Å². The van der Waals surface area contributed by atoms with Gasteiger partial charge in [-0.25, -0.2) is 8.42 Å². The Labute approximate surface area is 143 Å². The largest absolute Gasteiger partial charge is 0.328 e. The number of hydrogen-bond donors (Lipinski definition) is 1. The highest BCUT2D eigenvalue weighted by Gasteiger charge is 2.31. The summed E-state index contributed by atoms with van der Waals surface area (Å²) in [5.41, 5.74) is 6.47. The number of nitrogens with zero attached hydrogens (tertiary/aromatic N) is 2. The van der Waals surface area contributed by atoms with E-state index in [-0.39, 0.29) is 18.4 Å². The molecule has 2 N–H and O–H groups in total. The van der Waals surface area contributed by atoms with Crippen molar-refractivity contribution in [1.29, 1.82) is 0 Å². The Balaban J connectivity index is 0.00000192. The number of pyridine rings is 1. The molecule has 1 aromatic carbocycles. The molecule has 3 rings (SSSR count). The van der Waals surface area contributed by atoms with Gasteiger partial charge in [0.2, 0.25) is 10.0 Å². The van der Waals surface area contributed by atoms with Crippen LogP contribution in [0.4, 0.5) is 0 Å². The molecule has 126 valence electrons. The number of sulfonamides is 1. The molecule has 5 nitrogen and oxygen atoms in total. The second kappa shape index (κ2) is 7.13. The Kier molecular flexibility index (Phi) is 5.62. The summed E-state index contributed by atoms with van der Waals surface area (Å²) < 4.78 is 27.4. The van der Waals surface area contributed by atoms with Crippen molar-refractivity contribution in [3.63, 3.8) is 0 Å². The molecular weight excluding hydrogens is 334 g/mol. The second-order valence-corrected chi connectivity index (χ2v) is 7.84. The molecule has 0 amide bonds. The van der Waals surface area contributed by atoms with Crippen LogP contribution in [0.3, 0.4) is 0 Å². The zero-order valence-corrected chi connectivity index (χ0v) is 14.7. The van der Waals surface area contributed by atoms with Crippen LogP contribution < -0.4 is 5.73 Å². The summed E-state index contributed by atoms with van der Waals surface area (Å²) in [6.45, 7) is 3.04. The first-order valence-corrected chi connectivity index (χ1v) is 9.03. The molecular formula is C16H22ClN3O2S. The third-order valence-corrected chi connectivity index (χ3v) is 6.39. The Morgan fingerprint density at radius 1 is 1.22 bits per heavy atom. The molecule has 0 saturated carbocycles. The van der Waals surface area contributed by atoms with Crippen LogP contribution in [0.1, 0.15) is 19.8 Å². The molecule has 0 aliphatic carbocycles. The van der Waals surface area contributed by atoms with Crippen molar-refractivity contribution in [3.05, 3.63) is 36.5 Å². The van der Waals surface area contributed by atoms with Crippen LogP contribution in [-0.2, 0) is 10.0 Å². The number of hydrogen-bond acceptors (Lipinski definition) is 4. The Hall–Kier alpha value is -1.21. The van der Waals surface area contributed by atoms with E-state index in [0.29, 0.717) is 29.4 Å². The van der Waals surface area contributed by atoms with Crippen molar-refractivity contribution in [1.82, 2.24) is 9.29 Å². The summed E-state index contributed by atoms with van der Waals surface area (Å²) in [5.74, 6) is 0.400. The van der Waals surface area contributed by atoms with Gasteiger partial charge in [0, 0.05) is 30.7 Å². The summed E-state index contributed by atoms with van der Waals surface area (Å²) in [6.07, 6.45) is 3.26.